The predicted octanol–water partition coefficient (Wildman–Crippen LogP) is 3.90. The van der Waals surface area contributed by atoms with Crippen LogP contribution in [0.5, 0.6) is 0 Å². The van der Waals surface area contributed by atoms with Crippen LogP contribution >= 0.6 is 0 Å². The number of rotatable bonds is 3. The fraction of sp³-hybridized carbons (Fsp3) is 0.364. The molecule has 6 nitrogen and oxygen atoms in total. The molecule has 144 valence electrons. The lowest BCUT2D eigenvalue weighted by Crippen LogP contribution is -2.45. The third-order valence-corrected chi connectivity index (χ3v) is 5.43. The standard InChI is InChI=1S/C22H25N5O/c1-15-12-27(13-16(2)28-15)21-6-5-20-22(25-21)24-9-10-26(20)14-17-3-4-18-7-8-23-19(18)11-17/h3-9,11,15-16,23H,10,12-14H2,1-2H3/t15-,16+. The number of benzene rings is 1. The summed E-state index contributed by atoms with van der Waals surface area (Å²) in [6, 6.07) is 13.0. The molecule has 3 aromatic rings. The number of anilines is 2. The summed E-state index contributed by atoms with van der Waals surface area (Å²) >= 11 is 0. The first-order valence-corrected chi connectivity index (χ1v) is 9.90. The van der Waals surface area contributed by atoms with Crippen molar-refractivity contribution in [3.8, 4) is 0 Å². The van der Waals surface area contributed by atoms with E-state index in [-0.39, 0.29) is 12.2 Å². The van der Waals surface area contributed by atoms with Crippen molar-refractivity contribution in [2.45, 2.75) is 32.6 Å². The Labute approximate surface area is 164 Å². The Balaban J connectivity index is 1.39. The van der Waals surface area contributed by atoms with Crippen molar-refractivity contribution < 1.29 is 4.74 Å². The molecule has 2 aliphatic rings. The van der Waals surface area contributed by atoms with Crippen LogP contribution in [0.1, 0.15) is 19.4 Å². The Hall–Kier alpha value is -2.86. The van der Waals surface area contributed by atoms with Crippen LogP contribution in [0.4, 0.5) is 17.3 Å². The molecule has 1 aromatic carbocycles. The van der Waals surface area contributed by atoms with Gasteiger partial charge in [0, 0.05) is 37.6 Å². The lowest BCUT2D eigenvalue weighted by atomic mass is 10.1. The molecule has 0 radical (unpaired) electrons. The summed E-state index contributed by atoms with van der Waals surface area (Å²) in [4.78, 5) is 17.4. The molecular weight excluding hydrogens is 350 g/mol. The van der Waals surface area contributed by atoms with E-state index in [9.17, 15) is 0 Å². The van der Waals surface area contributed by atoms with E-state index in [4.69, 9.17) is 9.72 Å². The SMILES string of the molecule is C[C@@H]1CN(c2ccc3c(n2)N=CCN3Cc2ccc3cc[nH]c3c2)C[C@H](C)O1. The van der Waals surface area contributed by atoms with Crippen LogP contribution < -0.4 is 9.80 Å². The summed E-state index contributed by atoms with van der Waals surface area (Å²) < 4.78 is 5.85. The maximum absolute atomic E-state index is 5.85. The van der Waals surface area contributed by atoms with Gasteiger partial charge in [-0.3, -0.25) is 0 Å². The van der Waals surface area contributed by atoms with Crippen LogP contribution in [0.3, 0.4) is 0 Å². The molecule has 1 fully saturated rings. The monoisotopic (exact) mass is 375 g/mol. The summed E-state index contributed by atoms with van der Waals surface area (Å²) in [6.45, 7) is 7.58. The van der Waals surface area contributed by atoms with Gasteiger partial charge < -0.3 is 19.5 Å². The first-order chi connectivity index (χ1) is 13.7. The van der Waals surface area contributed by atoms with Gasteiger partial charge in [0.1, 0.15) is 5.82 Å². The van der Waals surface area contributed by atoms with Gasteiger partial charge in [-0.15, -0.1) is 0 Å². The van der Waals surface area contributed by atoms with Crippen LogP contribution in [0, 0.1) is 0 Å². The predicted molar refractivity (Wildman–Crippen MR) is 114 cm³/mol. The number of hydrogen-bond donors (Lipinski definition) is 1. The van der Waals surface area contributed by atoms with Gasteiger partial charge in [0.25, 0.3) is 0 Å². The molecule has 1 N–H and O–H groups in total. The number of H-pyrrole nitrogens is 1. The molecule has 0 amide bonds. The number of ether oxygens (including phenoxy) is 1. The lowest BCUT2D eigenvalue weighted by molar-refractivity contribution is -0.00545. The Morgan fingerprint density at radius 1 is 1.11 bits per heavy atom. The fourth-order valence-corrected chi connectivity index (χ4v) is 4.20. The topological polar surface area (TPSA) is 56.8 Å². The first-order valence-electron chi connectivity index (χ1n) is 9.90. The molecule has 1 saturated heterocycles. The van der Waals surface area contributed by atoms with Crippen LogP contribution in [-0.2, 0) is 11.3 Å². The molecule has 4 heterocycles. The highest BCUT2D eigenvalue weighted by atomic mass is 16.5. The minimum Gasteiger partial charge on any atom is -0.372 e. The number of nitrogens with zero attached hydrogens (tertiary/aromatic N) is 4. The second kappa shape index (κ2) is 6.95. The molecule has 0 saturated carbocycles. The molecule has 0 aliphatic carbocycles. The highest BCUT2D eigenvalue weighted by Crippen LogP contribution is 2.33. The van der Waals surface area contributed by atoms with Crippen molar-refractivity contribution in [3.05, 3.63) is 48.2 Å². The van der Waals surface area contributed by atoms with Gasteiger partial charge in [-0.05, 0) is 49.1 Å². The van der Waals surface area contributed by atoms with Crippen molar-refractivity contribution in [2.24, 2.45) is 4.99 Å². The van der Waals surface area contributed by atoms with Gasteiger partial charge in [-0.2, -0.15) is 0 Å². The van der Waals surface area contributed by atoms with Crippen LogP contribution in [0.2, 0.25) is 0 Å². The van der Waals surface area contributed by atoms with Crippen molar-refractivity contribution in [2.75, 3.05) is 29.4 Å². The normalized spacial score (nSPS) is 21.9. The number of hydrogen-bond acceptors (Lipinski definition) is 5. The van der Waals surface area contributed by atoms with Gasteiger partial charge in [-0.25, -0.2) is 9.98 Å². The number of aromatic nitrogens is 2. The van der Waals surface area contributed by atoms with Crippen LogP contribution in [0.25, 0.3) is 10.9 Å². The van der Waals surface area contributed by atoms with Gasteiger partial charge in [0.05, 0.1) is 24.4 Å². The third kappa shape index (κ3) is 3.24. The molecule has 0 unspecified atom stereocenters. The molecule has 28 heavy (non-hydrogen) atoms. The van der Waals surface area contributed by atoms with Gasteiger partial charge >= 0.3 is 0 Å². The lowest BCUT2D eigenvalue weighted by Gasteiger charge is -2.36. The molecular formula is C22H25N5O. The second-order valence-corrected chi connectivity index (χ2v) is 7.77. The van der Waals surface area contributed by atoms with E-state index >= 15 is 0 Å². The number of morpholine rings is 1. The zero-order valence-corrected chi connectivity index (χ0v) is 16.3. The van der Waals surface area contributed by atoms with E-state index in [0.29, 0.717) is 0 Å². The van der Waals surface area contributed by atoms with E-state index in [1.165, 1.54) is 16.5 Å². The highest BCUT2D eigenvalue weighted by molar-refractivity contribution is 5.82. The highest BCUT2D eigenvalue weighted by Gasteiger charge is 2.25. The Morgan fingerprint density at radius 3 is 2.82 bits per heavy atom. The van der Waals surface area contributed by atoms with Gasteiger partial charge in [0.2, 0.25) is 0 Å². The maximum atomic E-state index is 5.85. The average Bonchev–Trinajstić information content (AvgIpc) is 3.15. The van der Waals surface area contributed by atoms with Crippen molar-refractivity contribution in [1.82, 2.24) is 9.97 Å². The first kappa shape index (κ1) is 17.3. The minimum atomic E-state index is 0.212. The smallest absolute Gasteiger partial charge is 0.177 e. The number of nitrogens with one attached hydrogen (secondary N) is 1. The molecule has 2 aromatic heterocycles. The van der Waals surface area contributed by atoms with E-state index in [2.05, 4.69) is 70.0 Å². The zero-order valence-electron chi connectivity index (χ0n) is 16.3. The molecule has 2 aliphatic heterocycles. The fourth-order valence-electron chi connectivity index (χ4n) is 4.20. The summed E-state index contributed by atoms with van der Waals surface area (Å²) in [5, 5.41) is 1.24. The van der Waals surface area contributed by atoms with Crippen molar-refractivity contribution in [3.63, 3.8) is 0 Å². The Morgan fingerprint density at radius 2 is 1.96 bits per heavy atom. The van der Waals surface area contributed by atoms with Crippen LogP contribution in [-0.4, -0.2) is 48.0 Å². The summed E-state index contributed by atoms with van der Waals surface area (Å²) in [5.41, 5.74) is 3.54. The molecule has 5 rings (SSSR count). The largest absolute Gasteiger partial charge is 0.372 e. The second-order valence-electron chi connectivity index (χ2n) is 7.77. The minimum absolute atomic E-state index is 0.212. The molecule has 6 heteroatoms. The van der Waals surface area contributed by atoms with E-state index in [1.807, 2.05) is 12.4 Å². The molecule has 0 spiro atoms. The van der Waals surface area contributed by atoms with Crippen LogP contribution in [0.15, 0.2) is 47.6 Å². The summed E-state index contributed by atoms with van der Waals surface area (Å²) in [7, 11) is 0. The third-order valence-electron chi connectivity index (χ3n) is 5.43. The molecule has 0 bridgehead atoms. The van der Waals surface area contributed by atoms with E-state index < -0.39 is 0 Å². The number of fused-ring (bicyclic) bond motifs is 2. The van der Waals surface area contributed by atoms with Gasteiger partial charge in [-0.1, -0.05) is 12.1 Å². The van der Waals surface area contributed by atoms with Crippen molar-refractivity contribution in [1.29, 1.82) is 0 Å². The summed E-state index contributed by atoms with van der Waals surface area (Å²) in [5.74, 6) is 1.78. The van der Waals surface area contributed by atoms with Crippen molar-refractivity contribution >= 4 is 34.4 Å². The van der Waals surface area contributed by atoms with E-state index in [0.717, 1.165) is 43.5 Å². The van der Waals surface area contributed by atoms with E-state index in [1.54, 1.807) is 0 Å². The quantitative estimate of drug-likeness (QED) is 0.754. The average molecular weight is 375 g/mol. The summed E-state index contributed by atoms with van der Waals surface area (Å²) in [6.07, 6.45) is 4.36. The molecule has 2 atom stereocenters. The number of aliphatic imine (C=N–C) groups is 1. The number of pyridine rings is 1. The number of aromatic amines is 1. The Kier molecular flexibility index (Phi) is 4.28. The van der Waals surface area contributed by atoms with Gasteiger partial charge in [0.15, 0.2) is 5.82 Å². The zero-order chi connectivity index (χ0) is 19.1. The Bertz CT molecular complexity index is 1020. The maximum Gasteiger partial charge on any atom is 0.177 e.